The number of benzene rings is 2. The predicted molar refractivity (Wildman–Crippen MR) is 117 cm³/mol. The van der Waals surface area contributed by atoms with Crippen molar-refractivity contribution in [1.82, 2.24) is 0 Å². The number of rotatable bonds is 6. The molecule has 3 aromatic rings. The Morgan fingerprint density at radius 2 is 1.86 bits per heavy atom. The molecule has 29 heavy (non-hydrogen) atoms. The highest BCUT2D eigenvalue weighted by molar-refractivity contribution is 7.94. The van der Waals surface area contributed by atoms with Gasteiger partial charge in [-0.15, -0.1) is 11.3 Å². The van der Waals surface area contributed by atoms with Crippen LogP contribution < -0.4 is 4.72 Å². The standard InChI is InChI=1S/C21H15ClN2O3S2/c22-15-8-9-17(16(13-15)21(25)14-5-2-1-3-6-14)24-29(26,27)20-11-10-19(28-20)18-7-4-12-23-18/h1-11,13,24H,12H2. The van der Waals surface area contributed by atoms with Crippen LogP contribution in [0.25, 0.3) is 0 Å². The molecule has 1 aliphatic heterocycles. The van der Waals surface area contributed by atoms with E-state index in [-0.39, 0.29) is 21.2 Å². The number of hydrogen-bond acceptors (Lipinski definition) is 5. The summed E-state index contributed by atoms with van der Waals surface area (Å²) >= 11 is 7.19. The quantitative estimate of drug-likeness (QED) is 0.557. The molecule has 1 aliphatic rings. The molecule has 0 bridgehead atoms. The zero-order valence-corrected chi connectivity index (χ0v) is 17.4. The van der Waals surface area contributed by atoms with Crippen molar-refractivity contribution in [1.29, 1.82) is 0 Å². The van der Waals surface area contributed by atoms with Gasteiger partial charge in [-0.05, 0) is 36.4 Å². The van der Waals surface area contributed by atoms with Gasteiger partial charge in [-0.2, -0.15) is 0 Å². The Bertz CT molecular complexity index is 1250. The fraction of sp³-hybridized carbons (Fsp3) is 0.0476. The third-order valence-electron chi connectivity index (χ3n) is 4.25. The molecule has 4 rings (SSSR count). The van der Waals surface area contributed by atoms with Crippen LogP contribution in [0.1, 0.15) is 20.8 Å². The first kappa shape index (κ1) is 19.6. The van der Waals surface area contributed by atoms with Crippen LogP contribution in [0.2, 0.25) is 5.02 Å². The third-order valence-corrected chi connectivity index (χ3v) is 7.45. The van der Waals surface area contributed by atoms with Crippen molar-refractivity contribution in [3.05, 3.63) is 93.8 Å². The SMILES string of the molecule is O=C(c1ccccc1)c1cc(Cl)ccc1NS(=O)(=O)c1ccc(C2=NCC=C2)s1. The molecular formula is C21H15ClN2O3S2. The predicted octanol–water partition coefficient (Wildman–Crippen LogP) is 4.79. The molecule has 0 fully saturated rings. The maximum Gasteiger partial charge on any atom is 0.271 e. The first-order chi connectivity index (χ1) is 13.9. The minimum absolute atomic E-state index is 0.142. The van der Waals surface area contributed by atoms with E-state index < -0.39 is 10.0 Å². The van der Waals surface area contributed by atoms with Crippen molar-refractivity contribution >= 4 is 50.1 Å². The van der Waals surface area contributed by atoms with Gasteiger partial charge in [0.1, 0.15) is 4.21 Å². The number of ketones is 1. The van der Waals surface area contributed by atoms with Crippen LogP contribution in [0.3, 0.4) is 0 Å². The number of aliphatic imine (C=N–C) groups is 1. The summed E-state index contributed by atoms with van der Waals surface area (Å²) in [6, 6.07) is 16.4. The number of thiophene rings is 1. The topological polar surface area (TPSA) is 75.6 Å². The molecule has 0 spiro atoms. The van der Waals surface area contributed by atoms with Crippen molar-refractivity contribution in [3.63, 3.8) is 0 Å². The van der Waals surface area contributed by atoms with Gasteiger partial charge >= 0.3 is 0 Å². The summed E-state index contributed by atoms with van der Waals surface area (Å²) in [5.74, 6) is -0.317. The largest absolute Gasteiger partial charge is 0.289 e. The van der Waals surface area contributed by atoms with Gasteiger partial charge in [0, 0.05) is 16.1 Å². The second-order valence-electron chi connectivity index (χ2n) is 6.24. The zero-order chi connectivity index (χ0) is 20.4. The van der Waals surface area contributed by atoms with E-state index in [2.05, 4.69) is 9.71 Å². The average molecular weight is 443 g/mol. The van der Waals surface area contributed by atoms with Crippen LogP contribution in [0, 0.1) is 0 Å². The van der Waals surface area contributed by atoms with Gasteiger partial charge < -0.3 is 0 Å². The van der Waals surface area contributed by atoms with Crippen molar-refractivity contribution in [2.45, 2.75) is 4.21 Å². The molecule has 146 valence electrons. The molecule has 1 aromatic heterocycles. The smallest absolute Gasteiger partial charge is 0.271 e. The number of anilines is 1. The monoisotopic (exact) mass is 442 g/mol. The molecule has 2 heterocycles. The van der Waals surface area contributed by atoms with Crippen LogP contribution in [-0.2, 0) is 10.0 Å². The third kappa shape index (κ3) is 4.17. The molecule has 2 aromatic carbocycles. The highest BCUT2D eigenvalue weighted by atomic mass is 35.5. The van der Waals surface area contributed by atoms with Gasteiger partial charge in [0.15, 0.2) is 5.78 Å². The normalized spacial score (nSPS) is 13.3. The van der Waals surface area contributed by atoms with E-state index in [1.54, 1.807) is 42.5 Å². The molecule has 8 heteroatoms. The van der Waals surface area contributed by atoms with E-state index in [0.29, 0.717) is 17.1 Å². The molecule has 0 saturated carbocycles. The maximum atomic E-state index is 12.9. The minimum Gasteiger partial charge on any atom is -0.289 e. The molecule has 0 unspecified atom stereocenters. The van der Waals surface area contributed by atoms with Gasteiger partial charge in [-0.1, -0.05) is 48.0 Å². The van der Waals surface area contributed by atoms with Crippen LogP contribution in [-0.4, -0.2) is 26.5 Å². The van der Waals surface area contributed by atoms with E-state index in [0.717, 1.165) is 21.9 Å². The highest BCUT2D eigenvalue weighted by Crippen LogP contribution is 2.29. The van der Waals surface area contributed by atoms with Crippen LogP contribution in [0.5, 0.6) is 0 Å². The lowest BCUT2D eigenvalue weighted by Crippen LogP contribution is -2.15. The van der Waals surface area contributed by atoms with Crippen molar-refractivity contribution in [2.24, 2.45) is 4.99 Å². The lowest BCUT2D eigenvalue weighted by atomic mass is 10.0. The first-order valence-electron chi connectivity index (χ1n) is 8.67. The summed E-state index contributed by atoms with van der Waals surface area (Å²) in [6.07, 6.45) is 3.78. The molecule has 5 nitrogen and oxygen atoms in total. The number of nitrogens with zero attached hydrogens (tertiary/aromatic N) is 1. The number of sulfonamides is 1. The maximum absolute atomic E-state index is 12.9. The van der Waals surface area contributed by atoms with E-state index in [9.17, 15) is 13.2 Å². The Balaban J connectivity index is 1.67. The van der Waals surface area contributed by atoms with Gasteiger partial charge in [0.2, 0.25) is 0 Å². The Labute approximate surface area is 177 Å². The van der Waals surface area contributed by atoms with Gasteiger partial charge in [-0.3, -0.25) is 14.5 Å². The Morgan fingerprint density at radius 1 is 1.07 bits per heavy atom. The minimum atomic E-state index is -3.88. The molecular weight excluding hydrogens is 428 g/mol. The van der Waals surface area contributed by atoms with E-state index in [1.165, 1.54) is 18.2 Å². The average Bonchev–Trinajstić information content (AvgIpc) is 3.41. The molecule has 0 atom stereocenters. The summed E-state index contributed by atoms with van der Waals surface area (Å²) in [5.41, 5.74) is 1.58. The van der Waals surface area contributed by atoms with E-state index in [1.807, 2.05) is 12.2 Å². The van der Waals surface area contributed by atoms with E-state index in [4.69, 9.17) is 11.6 Å². The molecule has 0 saturated heterocycles. The van der Waals surface area contributed by atoms with Crippen LogP contribution in [0.15, 0.2) is 82.0 Å². The summed E-state index contributed by atoms with van der Waals surface area (Å²) < 4.78 is 28.5. The summed E-state index contributed by atoms with van der Waals surface area (Å²) in [5, 5.41) is 0.344. The Morgan fingerprint density at radius 3 is 2.59 bits per heavy atom. The molecule has 1 N–H and O–H groups in total. The van der Waals surface area contributed by atoms with Gasteiger partial charge in [-0.25, -0.2) is 8.42 Å². The van der Waals surface area contributed by atoms with Crippen molar-refractivity contribution < 1.29 is 13.2 Å². The second-order valence-corrected chi connectivity index (χ2v) is 9.67. The number of halogens is 1. The number of carbonyl (C=O) groups excluding carboxylic acids is 1. The fourth-order valence-corrected chi connectivity index (χ4v) is 5.41. The number of nitrogens with one attached hydrogen (secondary N) is 1. The number of carbonyl (C=O) groups is 1. The molecule has 0 aliphatic carbocycles. The zero-order valence-electron chi connectivity index (χ0n) is 15.0. The number of hydrogen-bond donors (Lipinski definition) is 1. The summed E-state index contributed by atoms with van der Waals surface area (Å²) in [4.78, 5) is 18.0. The Hall–Kier alpha value is -2.74. The fourth-order valence-electron chi connectivity index (χ4n) is 2.86. The van der Waals surface area contributed by atoms with Crippen LogP contribution in [0.4, 0.5) is 5.69 Å². The van der Waals surface area contributed by atoms with Gasteiger partial charge in [0.05, 0.1) is 22.8 Å². The molecule has 0 radical (unpaired) electrons. The van der Waals surface area contributed by atoms with E-state index >= 15 is 0 Å². The van der Waals surface area contributed by atoms with Gasteiger partial charge in [0.25, 0.3) is 10.0 Å². The van der Waals surface area contributed by atoms with Crippen molar-refractivity contribution in [3.8, 4) is 0 Å². The first-order valence-corrected chi connectivity index (χ1v) is 11.4. The highest BCUT2D eigenvalue weighted by Gasteiger charge is 2.22. The molecule has 0 amide bonds. The summed E-state index contributed by atoms with van der Waals surface area (Å²) in [7, 11) is -3.88. The second kappa shape index (κ2) is 7.94. The number of allylic oxidation sites excluding steroid dienone is 1. The Kier molecular flexibility index (Phi) is 5.36. The van der Waals surface area contributed by atoms with Crippen molar-refractivity contribution in [2.75, 3.05) is 11.3 Å². The van der Waals surface area contributed by atoms with Crippen LogP contribution >= 0.6 is 22.9 Å². The lowest BCUT2D eigenvalue weighted by molar-refractivity contribution is 0.103. The lowest BCUT2D eigenvalue weighted by Gasteiger charge is -2.12. The summed E-state index contributed by atoms with van der Waals surface area (Å²) in [6.45, 7) is 0.600.